The molecule has 5 rings (SSSR count). The number of aromatic nitrogens is 2. The number of fused-ring (bicyclic) bond motifs is 1. The van der Waals surface area contributed by atoms with Crippen LogP contribution in [-0.2, 0) is 32.5 Å². The third-order valence-corrected chi connectivity index (χ3v) is 9.95. The number of carbonyl (C=O) groups is 1. The molecule has 0 aliphatic carbocycles. The SMILES string of the molecule is CCc1sc2ncn(CC(=O)Nc3ccc(S(=O)(=O)N4CCOCC4)cc3)c(=O)c2c1-c1ccc(Br)cc1. The fraction of sp³-hybridized carbons (Fsp3) is 0.269. The molecule has 0 unspecified atom stereocenters. The lowest BCUT2D eigenvalue weighted by Gasteiger charge is -2.26. The zero-order valence-electron chi connectivity index (χ0n) is 20.5. The number of rotatable bonds is 7. The zero-order valence-corrected chi connectivity index (χ0v) is 23.7. The molecule has 2 aromatic heterocycles. The predicted molar refractivity (Wildman–Crippen MR) is 151 cm³/mol. The number of hydrogen-bond acceptors (Lipinski definition) is 7. The van der Waals surface area contributed by atoms with Crippen molar-refractivity contribution in [3.63, 3.8) is 0 Å². The number of carbonyl (C=O) groups excluding carboxylic acids is 1. The number of amides is 1. The van der Waals surface area contributed by atoms with Gasteiger partial charge in [-0.15, -0.1) is 11.3 Å². The van der Waals surface area contributed by atoms with E-state index in [1.807, 2.05) is 31.2 Å². The monoisotopic (exact) mass is 616 g/mol. The number of nitrogens with zero attached hydrogens (tertiary/aromatic N) is 3. The summed E-state index contributed by atoms with van der Waals surface area (Å²) < 4.78 is 34.5. The minimum atomic E-state index is -3.63. The molecule has 0 bridgehead atoms. The number of thiophene rings is 1. The molecule has 4 aromatic rings. The molecule has 0 radical (unpaired) electrons. The first kappa shape index (κ1) is 26.7. The first-order valence-electron chi connectivity index (χ1n) is 12.0. The van der Waals surface area contributed by atoms with E-state index < -0.39 is 15.9 Å². The minimum absolute atomic E-state index is 0.146. The average molecular weight is 618 g/mol. The third-order valence-electron chi connectivity index (χ3n) is 6.27. The molecule has 0 spiro atoms. The maximum atomic E-state index is 13.5. The number of sulfonamides is 1. The van der Waals surface area contributed by atoms with E-state index in [0.717, 1.165) is 26.9 Å². The fourth-order valence-electron chi connectivity index (χ4n) is 4.36. The molecule has 1 aliphatic rings. The number of nitrogens with one attached hydrogen (secondary N) is 1. The van der Waals surface area contributed by atoms with E-state index in [4.69, 9.17) is 4.74 Å². The van der Waals surface area contributed by atoms with Gasteiger partial charge in [0.1, 0.15) is 11.4 Å². The van der Waals surface area contributed by atoms with Crippen LogP contribution in [0.25, 0.3) is 21.3 Å². The molecule has 1 N–H and O–H groups in total. The largest absolute Gasteiger partial charge is 0.379 e. The molecule has 1 aliphatic heterocycles. The van der Waals surface area contributed by atoms with Crippen LogP contribution >= 0.6 is 27.3 Å². The van der Waals surface area contributed by atoms with Gasteiger partial charge in [-0.2, -0.15) is 4.31 Å². The Hall–Kier alpha value is -2.90. The van der Waals surface area contributed by atoms with E-state index in [9.17, 15) is 18.0 Å². The Balaban J connectivity index is 1.36. The van der Waals surface area contributed by atoms with E-state index >= 15 is 0 Å². The van der Waals surface area contributed by atoms with Gasteiger partial charge in [0.2, 0.25) is 15.9 Å². The van der Waals surface area contributed by atoms with Crippen molar-refractivity contribution in [3.05, 3.63) is 74.6 Å². The van der Waals surface area contributed by atoms with Crippen molar-refractivity contribution >= 4 is 59.1 Å². The minimum Gasteiger partial charge on any atom is -0.379 e. The fourth-order valence-corrected chi connectivity index (χ4v) is 7.12. The van der Waals surface area contributed by atoms with Crippen LogP contribution in [0.15, 0.2) is 69.0 Å². The number of morpholine rings is 1. The second kappa shape index (κ2) is 11.1. The van der Waals surface area contributed by atoms with Crippen molar-refractivity contribution < 1.29 is 17.9 Å². The van der Waals surface area contributed by atoms with E-state index in [1.54, 1.807) is 0 Å². The van der Waals surface area contributed by atoms with Gasteiger partial charge in [-0.05, 0) is 48.4 Å². The molecular weight excluding hydrogens is 592 g/mol. The van der Waals surface area contributed by atoms with Crippen LogP contribution in [0.4, 0.5) is 5.69 Å². The Morgan fingerprint density at radius 2 is 1.79 bits per heavy atom. The molecule has 1 saturated heterocycles. The van der Waals surface area contributed by atoms with Gasteiger partial charge in [0.15, 0.2) is 0 Å². The summed E-state index contributed by atoms with van der Waals surface area (Å²) >= 11 is 4.93. The number of aryl methyl sites for hydroxylation is 1. The molecule has 0 atom stereocenters. The van der Waals surface area contributed by atoms with Gasteiger partial charge in [-0.3, -0.25) is 14.2 Å². The van der Waals surface area contributed by atoms with Gasteiger partial charge in [0.25, 0.3) is 5.56 Å². The number of halogens is 1. The van der Waals surface area contributed by atoms with Crippen LogP contribution < -0.4 is 10.9 Å². The van der Waals surface area contributed by atoms with Crippen molar-refractivity contribution in [1.29, 1.82) is 0 Å². The van der Waals surface area contributed by atoms with Crippen LogP contribution in [0.3, 0.4) is 0 Å². The highest BCUT2D eigenvalue weighted by Crippen LogP contribution is 2.36. The normalized spacial score (nSPS) is 14.6. The highest BCUT2D eigenvalue weighted by atomic mass is 79.9. The van der Waals surface area contributed by atoms with Crippen LogP contribution in [0.5, 0.6) is 0 Å². The summed E-state index contributed by atoms with van der Waals surface area (Å²) in [6, 6.07) is 13.8. The number of anilines is 1. The summed E-state index contributed by atoms with van der Waals surface area (Å²) in [4.78, 5) is 32.6. The van der Waals surface area contributed by atoms with Crippen molar-refractivity contribution in [2.45, 2.75) is 24.8 Å². The lowest BCUT2D eigenvalue weighted by atomic mass is 10.0. The highest BCUT2D eigenvalue weighted by molar-refractivity contribution is 9.10. The quantitative estimate of drug-likeness (QED) is 0.334. The zero-order chi connectivity index (χ0) is 26.9. The second-order valence-corrected chi connectivity index (χ2v) is 12.6. The maximum absolute atomic E-state index is 13.5. The standard InChI is InChI=1S/C26H25BrN4O5S2/c1-2-21-23(17-3-5-18(27)6-4-17)24-25(37-21)28-16-30(26(24)33)15-22(32)29-19-7-9-20(10-8-19)38(34,35)31-11-13-36-14-12-31/h3-10,16H,2,11-15H2,1H3,(H,29,32). The number of benzene rings is 2. The number of hydrogen-bond donors (Lipinski definition) is 1. The van der Waals surface area contributed by atoms with Crippen molar-refractivity contribution in [2.24, 2.45) is 0 Å². The molecule has 38 heavy (non-hydrogen) atoms. The molecule has 0 saturated carbocycles. The lowest BCUT2D eigenvalue weighted by Crippen LogP contribution is -2.40. The van der Waals surface area contributed by atoms with Crippen LogP contribution in [0.2, 0.25) is 0 Å². The first-order valence-corrected chi connectivity index (χ1v) is 15.1. The Morgan fingerprint density at radius 1 is 1.11 bits per heavy atom. The maximum Gasteiger partial charge on any atom is 0.263 e. The lowest BCUT2D eigenvalue weighted by molar-refractivity contribution is -0.116. The third kappa shape index (κ3) is 5.32. The second-order valence-electron chi connectivity index (χ2n) is 8.71. The van der Waals surface area contributed by atoms with E-state index in [2.05, 4.69) is 26.2 Å². The summed E-state index contributed by atoms with van der Waals surface area (Å²) in [5, 5.41) is 3.24. The molecule has 198 valence electrons. The molecular formula is C26H25BrN4O5S2. The van der Waals surface area contributed by atoms with Gasteiger partial charge < -0.3 is 10.1 Å². The summed E-state index contributed by atoms with van der Waals surface area (Å²) in [7, 11) is -3.63. The topological polar surface area (TPSA) is 111 Å². The Morgan fingerprint density at radius 3 is 2.45 bits per heavy atom. The Kier molecular flexibility index (Phi) is 7.78. The van der Waals surface area contributed by atoms with Crippen molar-refractivity contribution in [1.82, 2.24) is 13.9 Å². The smallest absolute Gasteiger partial charge is 0.263 e. The molecule has 1 amide bonds. The summed E-state index contributed by atoms with van der Waals surface area (Å²) in [5.41, 5.74) is 1.91. The van der Waals surface area contributed by atoms with E-state index in [-0.39, 0.29) is 17.0 Å². The van der Waals surface area contributed by atoms with Gasteiger partial charge >= 0.3 is 0 Å². The van der Waals surface area contributed by atoms with Crippen molar-refractivity contribution in [3.8, 4) is 11.1 Å². The Bertz CT molecular complexity index is 1640. The summed E-state index contributed by atoms with van der Waals surface area (Å²) in [6.07, 6.45) is 2.15. The highest BCUT2D eigenvalue weighted by Gasteiger charge is 2.26. The van der Waals surface area contributed by atoms with Crippen LogP contribution in [0, 0.1) is 0 Å². The molecule has 2 aromatic carbocycles. The predicted octanol–water partition coefficient (Wildman–Crippen LogP) is 4.11. The average Bonchev–Trinajstić information content (AvgIpc) is 3.31. The first-order chi connectivity index (χ1) is 18.3. The summed E-state index contributed by atoms with van der Waals surface area (Å²) in [5.74, 6) is -0.423. The Labute approximate surface area is 232 Å². The molecule has 9 nitrogen and oxygen atoms in total. The molecule has 3 heterocycles. The van der Waals surface area contributed by atoms with Gasteiger partial charge in [-0.1, -0.05) is 35.0 Å². The van der Waals surface area contributed by atoms with Gasteiger partial charge in [0, 0.05) is 33.7 Å². The summed E-state index contributed by atoms with van der Waals surface area (Å²) in [6.45, 7) is 3.15. The van der Waals surface area contributed by atoms with Gasteiger partial charge in [0.05, 0.1) is 29.8 Å². The van der Waals surface area contributed by atoms with E-state index in [1.165, 1.54) is 50.8 Å². The molecule has 12 heteroatoms. The number of ether oxygens (including phenoxy) is 1. The van der Waals surface area contributed by atoms with Crippen molar-refractivity contribution in [2.75, 3.05) is 31.6 Å². The van der Waals surface area contributed by atoms with E-state index in [0.29, 0.717) is 42.2 Å². The van der Waals surface area contributed by atoms with Gasteiger partial charge in [-0.25, -0.2) is 13.4 Å². The van der Waals surface area contributed by atoms with Crippen LogP contribution in [-0.4, -0.2) is 54.5 Å². The molecule has 1 fully saturated rings. The van der Waals surface area contributed by atoms with Crippen LogP contribution in [0.1, 0.15) is 11.8 Å².